The second-order valence-electron chi connectivity index (χ2n) is 6.13. The zero-order valence-electron chi connectivity index (χ0n) is 13.0. The maximum Gasteiger partial charge on any atom is 0.229 e. The van der Waals surface area contributed by atoms with Gasteiger partial charge >= 0.3 is 0 Å². The van der Waals surface area contributed by atoms with Gasteiger partial charge in [0.05, 0.1) is 5.69 Å². The first-order valence-electron chi connectivity index (χ1n) is 7.00. The minimum Gasteiger partial charge on any atom is -0.353 e. The number of halogens is 3. The smallest absolute Gasteiger partial charge is 0.229 e. The molecule has 0 saturated heterocycles. The molecule has 0 unspecified atom stereocenters. The molecular formula is C17H17F3N2O. The fraction of sp³-hybridized carbons (Fsp3) is 0.235. The van der Waals surface area contributed by atoms with Crippen LogP contribution < -0.4 is 10.6 Å². The van der Waals surface area contributed by atoms with Gasteiger partial charge in [-0.25, -0.2) is 13.2 Å². The molecule has 0 aliphatic heterocycles. The lowest BCUT2D eigenvalue weighted by Gasteiger charge is -2.18. The Morgan fingerprint density at radius 2 is 1.43 bits per heavy atom. The Bertz CT molecular complexity index is 722. The molecule has 2 aromatic carbocycles. The van der Waals surface area contributed by atoms with Crippen molar-refractivity contribution < 1.29 is 18.0 Å². The van der Waals surface area contributed by atoms with Crippen LogP contribution in [0.2, 0.25) is 0 Å². The quantitative estimate of drug-likeness (QED) is 0.795. The summed E-state index contributed by atoms with van der Waals surface area (Å²) in [6, 6.07) is 8.41. The summed E-state index contributed by atoms with van der Waals surface area (Å²) >= 11 is 0. The van der Waals surface area contributed by atoms with E-state index in [1.165, 1.54) is 0 Å². The van der Waals surface area contributed by atoms with Gasteiger partial charge in [0.1, 0.15) is 0 Å². The van der Waals surface area contributed by atoms with E-state index in [9.17, 15) is 18.0 Å². The molecule has 3 nitrogen and oxygen atoms in total. The molecular weight excluding hydrogens is 305 g/mol. The lowest BCUT2D eigenvalue weighted by molar-refractivity contribution is -0.123. The average molecular weight is 322 g/mol. The lowest BCUT2D eigenvalue weighted by atomic mass is 9.95. The molecule has 122 valence electrons. The minimum atomic E-state index is -1.52. The Hall–Kier alpha value is -2.50. The van der Waals surface area contributed by atoms with Crippen molar-refractivity contribution in [1.82, 2.24) is 0 Å². The molecule has 0 saturated carbocycles. The van der Waals surface area contributed by atoms with Gasteiger partial charge in [-0.2, -0.15) is 0 Å². The summed E-state index contributed by atoms with van der Waals surface area (Å²) in [5, 5.41) is 5.41. The van der Waals surface area contributed by atoms with Crippen molar-refractivity contribution in [2.45, 2.75) is 20.8 Å². The number of rotatable bonds is 3. The number of amides is 1. The topological polar surface area (TPSA) is 41.1 Å². The van der Waals surface area contributed by atoms with Crippen molar-refractivity contribution in [3.05, 3.63) is 53.8 Å². The monoisotopic (exact) mass is 322 g/mol. The van der Waals surface area contributed by atoms with Crippen LogP contribution >= 0.6 is 0 Å². The fourth-order valence-corrected chi connectivity index (χ4v) is 1.73. The normalized spacial score (nSPS) is 11.2. The van der Waals surface area contributed by atoms with Crippen LogP contribution in [0.4, 0.5) is 30.2 Å². The highest BCUT2D eigenvalue weighted by molar-refractivity contribution is 5.94. The van der Waals surface area contributed by atoms with Crippen LogP contribution in [0.1, 0.15) is 20.8 Å². The van der Waals surface area contributed by atoms with Crippen LogP contribution in [-0.2, 0) is 4.79 Å². The van der Waals surface area contributed by atoms with Crippen LogP contribution in [0.25, 0.3) is 0 Å². The lowest BCUT2D eigenvalue weighted by Crippen LogP contribution is -2.27. The highest BCUT2D eigenvalue weighted by Gasteiger charge is 2.21. The summed E-state index contributed by atoms with van der Waals surface area (Å²) in [4.78, 5) is 11.9. The molecule has 0 aliphatic rings. The predicted molar refractivity (Wildman–Crippen MR) is 84.1 cm³/mol. The standard InChI is InChI=1S/C17H17F3N2O/c1-17(2,3)16(23)22-11-6-4-10(5-7-11)21-13-9-8-12(18)14(19)15(13)20/h4-9,21H,1-3H3,(H,22,23). The number of carbonyl (C=O) groups is 1. The van der Waals surface area contributed by atoms with Crippen LogP contribution in [0.3, 0.4) is 0 Å². The van der Waals surface area contributed by atoms with Crippen molar-refractivity contribution in [3.63, 3.8) is 0 Å². The molecule has 0 radical (unpaired) electrons. The first-order valence-corrected chi connectivity index (χ1v) is 7.00. The number of hydrogen-bond donors (Lipinski definition) is 2. The molecule has 1 amide bonds. The third-order valence-corrected chi connectivity index (χ3v) is 3.14. The maximum absolute atomic E-state index is 13.6. The Morgan fingerprint density at radius 3 is 2.00 bits per heavy atom. The van der Waals surface area contributed by atoms with Gasteiger partial charge in [-0.1, -0.05) is 20.8 Å². The van der Waals surface area contributed by atoms with E-state index in [1.54, 1.807) is 45.0 Å². The molecule has 23 heavy (non-hydrogen) atoms. The first kappa shape index (κ1) is 16.9. The molecule has 0 aromatic heterocycles. The average Bonchev–Trinajstić information content (AvgIpc) is 2.49. The third kappa shape index (κ3) is 4.03. The highest BCUT2D eigenvalue weighted by atomic mass is 19.2. The van der Waals surface area contributed by atoms with Gasteiger partial charge in [-0.3, -0.25) is 4.79 Å². The Kier molecular flexibility index (Phi) is 4.63. The van der Waals surface area contributed by atoms with E-state index in [-0.39, 0.29) is 11.6 Å². The van der Waals surface area contributed by atoms with Gasteiger partial charge in [0.15, 0.2) is 17.5 Å². The minimum absolute atomic E-state index is 0.134. The van der Waals surface area contributed by atoms with Crippen molar-refractivity contribution in [2.24, 2.45) is 5.41 Å². The molecule has 0 atom stereocenters. The van der Waals surface area contributed by atoms with E-state index in [1.807, 2.05) is 0 Å². The first-order chi connectivity index (χ1) is 10.7. The Morgan fingerprint density at radius 1 is 0.870 bits per heavy atom. The van der Waals surface area contributed by atoms with Crippen LogP contribution in [-0.4, -0.2) is 5.91 Å². The predicted octanol–water partition coefficient (Wildman–Crippen LogP) is 4.83. The number of carbonyl (C=O) groups excluding carboxylic acids is 1. The number of benzene rings is 2. The molecule has 6 heteroatoms. The summed E-state index contributed by atoms with van der Waals surface area (Å²) in [6.07, 6.45) is 0. The van der Waals surface area contributed by atoms with E-state index in [0.29, 0.717) is 11.4 Å². The zero-order valence-corrected chi connectivity index (χ0v) is 13.0. The van der Waals surface area contributed by atoms with Crippen molar-refractivity contribution in [1.29, 1.82) is 0 Å². The molecule has 0 bridgehead atoms. The Labute approximate surface area is 132 Å². The molecule has 2 rings (SSSR count). The van der Waals surface area contributed by atoms with E-state index < -0.39 is 22.9 Å². The fourth-order valence-electron chi connectivity index (χ4n) is 1.73. The second-order valence-corrected chi connectivity index (χ2v) is 6.13. The van der Waals surface area contributed by atoms with Gasteiger partial charge in [-0.15, -0.1) is 0 Å². The number of hydrogen-bond acceptors (Lipinski definition) is 2. The van der Waals surface area contributed by atoms with E-state index in [2.05, 4.69) is 10.6 Å². The molecule has 2 aromatic rings. The summed E-state index contributed by atoms with van der Waals surface area (Å²) in [6.45, 7) is 5.39. The van der Waals surface area contributed by atoms with Crippen LogP contribution in [0.5, 0.6) is 0 Å². The van der Waals surface area contributed by atoms with Gasteiger partial charge in [0, 0.05) is 16.8 Å². The van der Waals surface area contributed by atoms with Gasteiger partial charge in [0.25, 0.3) is 0 Å². The van der Waals surface area contributed by atoms with Gasteiger partial charge in [-0.05, 0) is 36.4 Å². The van der Waals surface area contributed by atoms with Crippen molar-refractivity contribution in [3.8, 4) is 0 Å². The summed E-state index contributed by atoms with van der Waals surface area (Å²) in [7, 11) is 0. The largest absolute Gasteiger partial charge is 0.353 e. The molecule has 0 spiro atoms. The highest BCUT2D eigenvalue weighted by Crippen LogP contribution is 2.25. The van der Waals surface area contributed by atoms with Gasteiger partial charge < -0.3 is 10.6 Å². The van der Waals surface area contributed by atoms with E-state index >= 15 is 0 Å². The molecule has 0 heterocycles. The summed E-state index contributed by atoms with van der Waals surface area (Å²) in [5.74, 6) is -4.18. The molecule has 2 N–H and O–H groups in total. The number of nitrogens with one attached hydrogen (secondary N) is 2. The second kappa shape index (κ2) is 6.32. The number of anilines is 3. The third-order valence-electron chi connectivity index (χ3n) is 3.14. The Balaban J connectivity index is 2.12. The molecule has 0 fully saturated rings. The van der Waals surface area contributed by atoms with E-state index in [0.717, 1.165) is 12.1 Å². The van der Waals surface area contributed by atoms with Crippen LogP contribution in [0.15, 0.2) is 36.4 Å². The van der Waals surface area contributed by atoms with Crippen molar-refractivity contribution in [2.75, 3.05) is 10.6 Å². The maximum atomic E-state index is 13.6. The van der Waals surface area contributed by atoms with Gasteiger partial charge in [0.2, 0.25) is 5.91 Å². The molecule has 0 aliphatic carbocycles. The van der Waals surface area contributed by atoms with E-state index in [4.69, 9.17) is 0 Å². The van der Waals surface area contributed by atoms with Crippen molar-refractivity contribution >= 4 is 23.0 Å². The zero-order chi connectivity index (χ0) is 17.2. The summed E-state index contributed by atoms with van der Waals surface area (Å²) in [5.41, 5.74) is 0.367. The SMILES string of the molecule is CC(C)(C)C(=O)Nc1ccc(Nc2ccc(F)c(F)c2F)cc1. The van der Waals surface area contributed by atoms with Crippen LogP contribution in [0, 0.1) is 22.9 Å². The summed E-state index contributed by atoms with van der Waals surface area (Å²) < 4.78 is 39.7.